The molecule has 2 aromatic carbocycles. The molecule has 3 nitrogen and oxygen atoms in total. The van der Waals surface area contributed by atoms with Crippen molar-refractivity contribution in [2.24, 2.45) is 0 Å². The highest BCUT2D eigenvalue weighted by Gasteiger charge is 2.11. The first-order valence-electron chi connectivity index (χ1n) is 5.75. The second-order valence-electron chi connectivity index (χ2n) is 4.20. The normalized spacial score (nSPS) is 10.8. The summed E-state index contributed by atoms with van der Waals surface area (Å²) >= 11 is 5.87. The van der Waals surface area contributed by atoms with Crippen molar-refractivity contribution in [2.75, 3.05) is 0 Å². The van der Waals surface area contributed by atoms with Gasteiger partial charge in [0.25, 0.3) is 5.69 Å². The molecule has 0 bridgehead atoms. The van der Waals surface area contributed by atoms with Crippen LogP contribution < -0.4 is 0 Å². The van der Waals surface area contributed by atoms with Crippen molar-refractivity contribution in [3.05, 3.63) is 74.3 Å². The van der Waals surface area contributed by atoms with Crippen molar-refractivity contribution in [3.63, 3.8) is 0 Å². The van der Waals surface area contributed by atoms with E-state index in [-0.39, 0.29) is 5.69 Å². The van der Waals surface area contributed by atoms with Gasteiger partial charge in [0.1, 0.15) is 0 Å². The van der Waals surface area contributed by atoms with Crippen LogP contribution >= 0.6 is 11.6 Å². The molecule has 0 heterocycles. The minimum atomic E-state index is -0.412. The molecule has 2 aromatic rings. The summed E-state index contributed by atoms with van der Waals surface area (Å²) in [5.41, 5.74) is 2.71. The van der Waals surface area contributed by atoms with Crippen LogP contribution in [0.15, 0.2) is 42.5 Å². The smallest absolute Gasteiger partial charge is 0.258 e. The predicted octanol–water partition coefficient (Wildman–Crippen LogP) is 4.73. The van der Waals surface area contributed by atoms with Crippen molar-refractivity contribution in [3.8, 4) is 0 Å². The van der Waals surface area contributed by atoms with E-state index in [2.05, 4.69) is 0 Å². The number of rotatable bonds is 3. The van der Waals surface area contributed by atoms with Crippen LogP contribution in [0.5, 0.6) is 0 Å². The maximum Gasteiger partial charge on any atom is 0.276 e. The zero-order chi connectivity index (χ0) is 13.8. The Morgan fingerprint density at radius 3 is 2.42 bits per heavy atom. The lowest BCUT2D eigenvalue weighted by atomic mass is 10.1. The van der Waals surface area contributed by atoms with Gasteiger partial charge < -0.3 is 0 Å². The number of nitro groups is 1. The molecular formula is C15H12ClNO2. The Bertz CT molecular complexity index is 633. The molecule has 0 aliphatic heterocycles. The summed E-state index contributed by atoms with van der Waals surface area (Å²) < 4.78 is 0. The molecule has 0 aliphatic carbocycles. The summed E-state index contributed by atoms with van der Waals surface area (Å²) in [4.78, 5) is 10.5. The van der Waals surface area contributed by atoms with Crippen LogP contribution in [0.1, 0.15) is 16.7 Å². The summed E-state index contributed by atoms with van der Waals surface area (Å²) in [7, 11) is 0. The number of hydrogen-bond acceptors (Lipinski definition) is 2. The topological polar surface area (TPSA) is 43.1 Å². The van der Waals surface area contributed by atoms with E-state index in [0.717, 1.165) is 5.56 Å². The molecule has 0 atom stereocenters. The fourth-order valence-corrected chi connectivity index (χ4v) is 1.87. The first kappa shape index (κ1) is 13.3. The van der Waals surface area contributed by atoms with E-state index < -0.39 is 4.92 Å². The SMILES string of the molecule is Cc1ccc(/C=C/c2cc(Cl)ccc2[N+](=O)[O-])cc1. The van der Waals surface area contributed by atoms with Gasteiger partial charge in [-0.3, -0.25) is 10.1 Å². The van der Waals surface area contributed by atoms with Gasteiger partial charge in [-0.2, -0.15) is 0 Å². The molecule has 19 heavy (non-hydrogen) atoms. The molecule has 0 spiro atoms. The van der Waals surface area contributed by atoms with Crippen LogP contribution in [0.2, 0.25) is 5.02 Å². The molecule has 0 saturated heterocycles. The van der Waals surface area contributed by atoms with E-state index in [1.165, 1.54) is 17.7 Å². The summed E-state index contributed by atoms with van der Waals surface area (Å²) in [5.74, 6) is 0. The molecule has 0 amide bonds. The predicted molar refractivity (Wildman–Crippen MR) is 78.2 cm³/mol. The van der Waals surface area contributed by atoms with Crippen molar-refractivity contribution in [1.29, 1.82) is 0 Å². The lowest BCUT2D eigenvalue weighted by molar-refractivity contribution is -0.385. The Labute approximate surface area is 116 Å². The van der Waals surface area contributed by atoms with Crippen molar-refractivity contribution < 1.29 is 4.92 Å². The fourth-order valence-electron chi connectivity index (χ4n) is 1.69. The standard InChI is InChI=1S/C15H12ClNO2/c1-11-2-4-12(5-3-11)6-7-13-10-14(16)8-9-15(13)17(18)19/h2-10H,1H3/b7-6+. The Morgan fingerprint density at radius 1 is 1.11 bits per heavy atom. The Hall–Kier alpha value is -2.13. The largest absolute Gasteiger partial charge is 0.276 e. The monoisotopic (exact) mass is 273 g/mol. The maximum absolute atomic E-state index is 10.9. The minimum absolute atomic E-state index is 0.0489. The summed E-state index contributed by atoms with van der Waals surface area (Å²) in [6.07, 6.45) is 3.53. The molecule has 96 valence electrons. The molecule has 0 radical (unpaired) electrons. The third kappa shape index (κ3) is 3.42. The molecule has 0 N–H and O–H groups in total. The minimum Gasteiger partial charge on any atom is -0.258 e. The summed E-state index contributed by atoms with van der Waals surface area (Å²) in [6.45, 7) is 2.01. The van der Waals surface area contributed by atoms with Crippen LogP contribution in [-0.2, 0) is 0 Å². The van der Waals surface area contributed by atoms with E-state index in [1.807, 2.05) is 37.3 Å². The van der Waals surface area contributed by atoms with Crippen molar-refractivity contribution >= 4 is 29.4 Å². The molecule has 0 saturated carbocycles. The Kier molecular flexibility index (Phi) is 3.97. The van der Waals surface area contributed by atoms with Gasteiger partial charge in [-0.1, -0.05) is 47.5 Å². The van der Waals surface area contributed by atoms with Gasteiger partial charge in [0.05, 0.1) is 10.5 Å². The van der Waals surface area contributed by atoms with Crippen molar-refractivity contribution in [2.45, 2.75) is 6.92 Å². The highest BCUT2D eigenvalue weighted by atomic mass is 35.5. The van der Waals surface area contributed by atoms with Gasteiger partial charge >= 0.3 is 0 Å². The Morgan fingerprint density at radius 2 is 1.79 bits per heavy atom. The second kappa shape index (κ2) is 5.67. The zero-order valence-electron chi connectivity index (χ0n) is 10.3. The van der Waals surface area contributed by atoms with Gasteiger partial charge in [-0.05, 0) is 30.7 Å². The lowest BCUT2D eigenvalue weighted by Crippen LogP contribution is -1.90. The number of hydrogen-bond donors (Lipinski definition) is 0. The third-order valence-electron chi connectivity index (χ3n) is 2.72. The molecule has 2 rings (SSSR count). The lowest BCUT2D eigenvalue weighted by Gasteiger charge is -1.99. The Balaban J connectivity index is 2.34. The summed E-state index contributed by atoms with van der Waals surface area (Å²) in [5, 5.41) is 11.4. The number of nitrogens with zero attached hydrogens (tertiary/aromatic N) is 1. The number of nitro benzene ring substituents is 1. The van der Waals surface area contributed by atoms with E-state index in [4.69, 9.17) is 11.6 Å². The van der Waals surface area contributed by atoms with Crippen LogP contribution in [0.25, 0.3) is 12.2 Å². The quantitative estimate of drug-likeness (QED) is 0.461. The van der Waals surface area contributed by atoms with Crippen LogP contribution in [0.4, 0.5) is 5.69 Å². The van der Waals surface area contributed by atoms with E-state index in [9.17, 15) is 10.1 Å². The van der Waals surface area contributed by atoms with E-state index >= 15 is 0 Å². The maximum atomic E-state index is 10.9. The number of benzene rings is 2. The van der Waals surface area contributed by atoms with Gasteiger partial charge in [-0.25, -0.2) is 0 Å². The fraction of sp³-hybridized carbons (Fsp3) is 0.0667. The molecule has 0 fully saturated rings. The number of halogens is 1. The highest BCUT2D eigenvalue weighted by Crippen LogP contribution is 2.24. The third-order valence-corrected chi connectivity index (χ3v) is 2.95. The molecule has 0 aromatic heterocycles. The van der Waals surface area contributed by atoms with Crippen LogP contribution in [0, 0.1) is 17.0 Å². The highest BCUT2D eigenvalue weighted by molar-refractivity contribution is 6.30. The van der Waals surface area contributed by atoms with Gasteiger partial charge in [0.15, 0.2) is 0 Å². The molecule has 0 aliphatic rings. The zero-order valence-corrected chi connectivity index (χ0v) is 11.1. The molecular weight excluding hydrogens is 262 g/mol. The van der Waals surface area contributed by atoms with Gasteiger partial charge in [0.2, 0.25) is 0 Å². The van der Waals surface area contributed by atoms with Gasteiger partial charge in [-0.15, -0.1) is 0 Å². The summed E-state index contributed by atoms with van der Waals surface area (Å²) in [6, 6.07) is 12.4. The van der Waals surface area contributed by atoms with Crippen LogP contribution in [-0.4, -0.2) is 4.92 Å². The average Bonchev–Trinajstić information content (AvgIpc) is 2.38. The average molecular weight is 274 g/mol. The van der Waals surface area contributed by atoms with Gasteiger partial charge in [0, 0.05) is 11.1 Å². The second-order valence-corrected chi connectivity index (χ2v) is 4.64. The van der Waals surface area contributed by atoms with E-state index in [1.54, 1.807) is 12.1 Å². The number of aryl methyl sites for hydroxylation is 1. The van der Waals surface area contributed by atoms with Crippen LogP contribution in [0.3, 0.4) is 0 Å². The first-order valence-corrected chi connectivity index (χ1v) is 6.13. The van der Waals surface area contributed by atoms with E-state index in [0.29, 0.717) is 10.6 Å². The molecule has 0 unspecified atom stereocenters. The van der Waals surface area contributed by atoms with Crippen molar-refractivity contribution in [1.82, 2.24) is 0 Å². The molecule has 4 heteroatoms. The first-order chi connectivity index (χ1) is 9.06.